The van der Waals surface area contributed by atoms with Gasteiger partial charge in [-0.2, -0.15) is 0 Å². The summed E-state index contributed by atoms with van der Waals surface area (Å²) in [6.45, 7) is 1.95. The summed E-state index contributed by atoms with van der Waals surface area (Å²) in [5.41, 5.74) is 5.48. The first-order valence-electron chi connectivity index (χ1n) is 6.18. The van der Waals surface area contributed by atoms with Gasteiger partial charge in [-0.3, -0.25) is 20.4 Å². The molecule has 5 nitrogen and oxygen atoms in total. The van der Waals surface area contributed by atoms with Crippen LogP contribution < -0.4 is 10.9 Å². The van der Waals surface area contributed by atoms with Gasteiger partial charge >= 0.3 is 0 Å². The third-order valence-corrected chi connectivity index (χ3v) is 4.02. The molecule has 0 aliphatic heterocycles. The smallest absolute Gasteiger partial charge is 0.280 e. The zero-order valence-electron chi connectivity index (χ0n) is 11.1. The van der Waals surface area contributed by atoms with E-state index in [0.717, 1.165) is 12.0 Å². The van der Waals surface area contributed by atoms with Crippen molar-refractivity contribution in [3.63, 3.8) is 0 Å². The second kappa shape index (κ2) is 6.60. The summed E-state index contributed by atoms with van der Waals surface area (Å²) in [6.07, 6.45) is 0.731. The maximum atomic E-state index is 12.0. The molecule has 0 atom stereocenters. The van der Waals surface area contributed by atoms with Crippen LogP contribution in [0.4, 0.5) is 0 Å². The summed E-state index contributed by atoms with van der Waals surface area (Å²) >= 11 is 7.07. The van der Waals surface area contributed by atoms with Crippen LogP contribution in [0.5, 0.6) is 5.75 Å². The average Bonchev–Trinajstić information content (AvgIpc) is 2.95. The summed E-state index contributed by atoms with van der Waals surface area (Å²) in [5, 5.41) is 11.7. The van der Waals surface area contributed by atoms with Crippen molar-refractivity contribution in [3.8, 4) is 5.75 Å². The molecule has 2 amide bonds. The second-order valence-electron chi connectivity index (χ2n) is 4.20. The van der Waals surface area contributed by atoms with Gasteiger partial charge < -0.3 is 5.11 Å². The Kier molecular flexibility index (Phi) is 4.82. The van der Waals surface area contributed by atoms with Crippen molar-refractivity contribution in [2.45, 2.75) is 13.3 Å². The number of amides is 2. The molecule has 110 valence electrons. The number of nitrogens with one attached hydrogen (secondary N) is 2. The Morgan fingerprint density at radius 3 is 2.67 bits per heavy atom. The summed E-state index contributed by atoms with van der Waals surface area (Å²) in [7, 11) is 0. The third kappa shape index (κ3) is 3.53. The molecule has 0 saturated carbocycles. The number of hydrogen-bond acceptors (Lipinski definition) is 4. The number of hydrazine groups is 1. The summed E-state index contributed by atoms with van der Waals surface area (Å²) in [4.78, 5) is 24.4. The van der Waals surface area contributed by atoms with Crippen LogP contribution in [-0.4, -0.2) is 16.9 Å². The SMILES string of the molecule is CCc1ccsc1C(=O)NNC(=O)c1cc(Cl)ccc1O. The molecule has 2 aromatic rings. The number of rotatable bonds is 3. The number of thiophene rings is 1. The lowest BCUT2D eigenvalue weighted by Gasteiger charge is -2.08. The monoisotopic (exact) mass is 324 g/mol. The van der Waals surface area contributed by atoms with E-state index in [-0.39, 0.29) is 11.3 Å². The maximum absolute atomic E-state index is 12.0. The van der Waals surface area contributed by atoms with Gasteiger partial charge in [-0.25, -0.2) is 0 Å². The van der Waals surface area contributed by atoms with Gasteiger partial charge in [0.05, 0.1) is 10.4 Å². The molecule has 21 heavy (non-hydrogen) atoms. The predicted molar refractivity (Wildman–Crippen MR) is 81.7 cm³/mol. The first kappa shape index (κ1) is 15.3. The largest absolute Gasteiger partial charge is 0.507 e. The van der Waals surface area contributed by atoms with Gasteiger partial charge in [-0.1, -0.05) is 18.5 Å². The Bertz CT molecular complexity index is 685. The molecular weight excluding hydrogens is 312 g/mol. The van der Waals surface area contributed by atoms with Crippen LogP contribution in [-0.2, 0) is 6.42 Å². The molecule has 0 fully saturated rings. The van der Waals surface area contributed by atoms with Crippen LogP contribution in [0.25, 0.3) is 0 Å². The highest BCUT2D eigenvalue weighted by molar-refractivity contribution is 7.12. The topological polar surface area (TPSA) is 78.4 Å². The Hall–Kier alpha value is -2.05. The lowest BCUT2D eigenvalue weighted by Crippen LogP contribution is -2.41. The van der Waals surface area contributed by atoms with Crippen LogP contribution in [0.15, 0.2) is 29.6 Å². The number of aryl methyl sites for hydroxylation is 1. The molecule has 0 bridgehead atoms. The first-order valence-corrected chi connectivity index (χ1v) is 7.44. The molecule has 2 rings (SSSR count). The Morgan fingerprint density at radius 2 is 1.95 bits per heavy atom. The number of benzene rings is 1. The lowest BCUT2D eigenvalue weighted by molar-refractivity contribution is 0.0846. The number of phenols is 1. The molecule has 0 spiro atoms. The maximum Gasteiger partial charge on any atom is 0.280 e. The predicted octanol–water partition coefficient (Wildman–Crippen LogP) is 2.74. The van der Waals surface area contributed by atoms with Crippen molar-refractivity contribution >= 4 is 34.8 Å². The van der Waals surface area contributed by atoms with Gasteiger partial charge in [0.2, 0.25) is 0 Å². The van der Waals surface area contributed by atoms with Gasteiger partial charge in [0.15, 0.2) is 0 Å². The minimum atomic E-state index is -0.641. The highest BCUT2D eigenvalue weighted by Gasteiger charge is 2.15. The van der Waals surface area contributed by atoms with Crippen LogP contribution in [0.2, 0.25) is 5.02 Å². The van der Waals surface area contributed by atoms with E-state index in [0.29, 0.717) is 9.90 Å². The van der Waals surface area contributed by atoms with Crippen molar-refractivity contribution in [3.05, 3.63) is 50.7 Å². The van der Waals surface area contributed by atoms with Crippen molar-refractivity contribution in [1.82, 2.24) is 10.9 Å². The number of carbonyl (C=O) groups is 2. The van der Waals surface area contributed by atoms with Crippen molar-refractivity contribution in [1.29, 1.82) is 0 Å². The molecule has 0 aliphatic carbocycles. The van der Waals surface area contributed by atoms with Crippen molar-refractivity contribution < 1.29 is 14.7 Å². The molecule has 1 aromatic carbocycles. The van der Waals surface area contributed by atoms with E-state index in [1.165, 1.54) is 29.5 Å². The number of hydrogen-bond donors (Lipinski definition) is 3. The normalized spacial score (nSPS) is 10.2. The van der Waals surface area contributed by atoms with E-state index in [1.807, 2.05) is 18.4 Å². The minimum absolute atomic E-state index is 0.00954. The quantitative estimate of drug-likeness (QED) is 0.760. The van der Waals surface area contributed by atoms with Crippen LogP contribution in [0, 0.1) is 0 Å². The van der Waals surface area contributed by atoms with E-state index in [1.54, 1.807) is 0 Å². The fourth-order valence-electron chi connectivity index (χ4n) is 1.74. The van der Waals surface area contributed by atoms with Crippen LogP contribution in [0.3, 0.4) is 0 Å². The van der Waals surface area contributed by atoms with E-state index in [9.17, 15) is 14.7 Å². The summed E-state index contributed by atoms with van der Waals surface area (Å²) in [6, 6.07) is 5.96. The van der Waals surface area contributed by atoms with E-state index in [2.05, 4.69) is 10.9 Å². The molecule has 0 saturated heterocycles. The molecule has 0 unspecified atom stereocenters. The molecule has 0 aliphatic rings. The first-order chi connectivity index (χ1) is 10.0. The van der Waals surface area contributed by atoms with Crippen molar-refractivity contribution in [2.24, 2.45) is 0 Å². The highest BCUT2D eigenvalue weighted by Crippen LogP contribution is 2.21. The van der Waals surface area contributed by atoms with Crippen molar-refractivity contribution in [2.75, 3.05) is 0 Å². The molecule has 1 aromatic heterocycles. The van der Waals surface area contributed by atoms with Crippen LogP contribution in [0.1, 0.15) is 32.5 Å². The molecule has 1 heterocycles. The van der Waals surface area contributed by atoms with Gasteiger partial charge in [-0.05, 0) is 41.6 Å². The fraction of sp³-hybridized carbons (Fsp3) is 0.143. The highest BCUT2D eigenvalue weighted by atomic mass is 35.5. The van der Waals surface area contributed by atoms with E-state index >= 15 is 0 Å². The number of phenolic OH excluding ortho intramolecular Hbond substituents is 1. The molecule has 7 heteroatoms. The molecular formula is C14H13ClN2O3S. The van der Waals surface area contributed by atoms with Gasteiger partial charge in [0.1, 0.15) is 5.75 Å². The Balaban J connectivity index is 2.04. The Morgan fingerprint density at radius 1 is 1.24 bits per heavy atom. The molecule has 0 radical (unpaired) electrons. The minimum Gasteiger partial charge on any atom is -0.507 e. The van der Waals surface area contributed by atoms with E-state index in [4.69, 9.17) is 11.6 Å². The Labute approximate surface area is 130 Å². The van der Waals surface area contributed by atoms with Gasteiger partial charge in [0, 0.05) is 5.02 Å². The zero-order valence-corrected chi connectivity index (χ0v) is 12.7. The number of halogens is 1. The summed E-state index contributed by atoms with van der Waals surface area (Å²) < 4.78 is 0. The second-order valence-corrected chi connectivity index (χ2v) is 5.55. The van der Waals surface area contributed by atoms with Gasteiger partial charge in [0.25, 0.3) is 11.8 Å². The summed E-state index contributed by atoms with van der Waals surface area (Å²) in [5.74, 6) is -1.24. The number of carbonyl (C=O) groups excluding carboxylic acids is 2. The molecule has 3 N–H and O–H groups in total. The number of aromatic hydroxyl groups is 1. The lowest BCUT2D eigenvalue weighted by atomic mass is 10.2. The average molecular weight is 325 g/mol. The third-order valence-electron chi connectivity index (χ3n) is 2.83. The van der Waals surface area contributed by atoms with E-state index < -0.39 is 11.8 Å². The van der Waals surface area contributed by atoms with Gasteiger partial charge in [-0.15, -0.1) is 11.3 Å². The zero-order chi connectivity index (χ0) is 15.4. The standard InChI is InChI=1S/C14H13ClN2O3S/c1-2-8-5-6-21-12(8)14(20)17-16-13(19)10-7-9(15)3-4-11(10)18/h3-7,18H,2H2,1H3,(H,16,19)(H,17,20). The van der Waals surface area contributed by atoms with Crippen LogP contribution >= 0.6 is 22.9 Å². The fourth-order valence-corrected chi connectivity index (χ4v) is 2.80.